The van der Waals surface area contributed by atoms with Gasteiger partial charge in [-0.25, -0.2) is 0 Å². The fourth-order valence-electron chi connectivity index (χ4n) is 3.04. The Morgan fingerprint density at radius 1 is 1.33 bits per heavy atom. The maximum Gasteiger partial charge on any atom is 0.121 e. The number of aliphatic hydroxyl groups is 1. The standard InChI is InChI=1S/C9H14O3/c1-8-3-5(10)7-9(2,12-8)6(4-8)11-7/h5-7,10H,3-4H2,1-2H3/t5-,6-,7+,8+,9+/m1/s1. The summed E-state index contributed by atoms with van der Waals surface area (Å²) in [5.74, 6) is 0. The fourth-order valence-corrected chi connectivity index (χ4v) is 3.04. The zero-order chi connectivity index (χ0) is 8.56. The highest BCUT2D eigenvalue weighted by atomic mass is 16.7. The summed E-state index contributed by atoms with van der Waals surface area (Å²) in [6, 6.07) is 0. The smallest absolute Gasteiger partial charge is 0.121 e. The third-order valence-electron chi connectivity index (χ3n) is 3.59. The molecule has 0 unspecified atom stereocenters. The van der Waals surface area contributed by atoms with Crippen molar-refractivity contribution in [1.82, 2.24) is 0 Å². The molecule has 3 nitrogen and oxygen atoms in total. The van der Waals surface area contributed by atoms with Crippen LogP contribution in [0.2, 0.25) is 0 Å². The molecule has 3 fully saturated rings. The fraction of sp³-hybridized carbons (Fsp3) is 1.00. The van der Waals surface area contributed by atoms with Gasteiger partial charge in [-0.1, -0.05) is 0 Å². The van der Waals surface area contributed by atoms with Crippen LogP contribution in [-0.4, -0.2) is 34.6 Å². The highest BCUT2D eigenvalue weighted by Gasteiger charge is 2.69. The van der Waals surface area contributed by atoms with E-state index < -0.39 is 0 Å². The Labute approximate surface area is 71.7 Å². The number of hydrogen-bond donors (Lipinski definition) is 1. The maximum atomic E-state index is 9.72. The van der Waals surface area contributed by atoms with E-state index in [1.54, 1.807) is 0 Å². The van der Waals surface area contributed by atoms with E-state index in [1.165, 1.54) is 0 Å². The number of hydrogen-bond acceptors (Lipinski definition) is 3. The molecule has 0 saturated carbocycles. The van der Waals surface area contributed by atoms with E-state index in [2.05, 4.69) is 13.8 Å². The lowest BCUT2D eigenvalue weighted by atomic mass is 9.83. The van der Waals surface area contributed by atoms with Gasteiger partial charge in [0.1, 0.15) is 11.7 Å². The van der Waals surface area contributed by atoms with Gasteiger partial charge >= 0.3 is 0 Å². The van der Waals surface area contributed by atoms with Gasteiger partial charge in [0.15, 0.2) is 0 Å². The summed E-state index contributed by atoms with van der Waals surface area (Å²) in [5.41, 5.74) is -0.321. The molecule has 12 heavy (non-hydrogen) atoms. The molecule has 3 saturated heterocycles. The van der Waals surface area contributed by atoms with Gasteiger partial charge in [0.2, 0.25) is 0 Å². The third kappa shape index (κ3) is 0.605. The molecular formula is C9H14O3. The minimum atomic E-state index is -0.326. The quantitative estimate of drug-likeness (QED) is 0.574. The summed E-state index contributed by atoms with van der Waals surface area (Å²) in [7, 11) is 0. The number of ether oxygens (including phenoxy) is 2. The van der Waals surface area contributed by atoms with Crippen LogP contribution in [-0.2, 0) is 9.47 Å². The minimum Gasteiger partial charge on any atom is -0.390 e. The Kier molecular flexibility index (Phi) is 1.04. The molecule has 0 aromatic heterocycles. The minimum absolute atomic E-state index is 0.0712. The first-order valence-electron chi connectivity index (χ1n) is 4.57. The molecule has 3 aliphatic rings. The topological polar surface area (TPSA) is 38.7 Å². The van der Waals surface area contributed by atoms with Crippen molar-refractivity contribution in [1.29, 1.82) is 0 Å². The van der Waals surface area contributed by atoms with Gasteiger partial charge in [0.25, 0.3) is 0 Å². The molecule has 1 N–H and O–H groups in total. The molecule has 0 spiro atoms. The Hall–Kier alpha value is -0.120. The van der Waals surface area contributed by atoms with E-state index in [0.717, 1.165) is 12.8 Å². The van der Waals surface area contributed by atoms with Crippen LogP contribution in [0.3, 0.4) is 0 Å². The Morgan fingerprint density at radius 2 is 2.08 bits per heavy atom. The van der Waals surface area contributed by atoms with Gasteiger partial charge in [0.05, 0.1) is 17.8 Å². The third-order valence-corrected chi connectivity index (χ3v) is 3.59. The Balaban J connectivity index is 2.03. The van der Waals surface area contributed by atoms with Gasteiger partial charge < -0.3 is 14.6 Å². The molecule has 0 amide bonds. The highest BCUT2D eigenvalue weighted by molar-refractivity contribution is 5.17. The van der Waals surface area contributed by atoms with E-state index in [-0.39, 0.29) is 29.5 Å². The summed E-state index contributed by atoms with van der Waals surface area (Å²) in [6.45, 7) is 4.12. The van der Waals surface area contributed by atoms with E-state index in [1.807, 2.05) is 0 Å². The van der Waals surface area contributed by atoms with Gasteiger partial charge in [-0.05, 0) is 13.8 Å². The SMILES string of the molecule is C[C@]12C[C@@H](O)[C@@H]3O[C@H](C1)[C@]3(C)O2. The van der Waals surface area contributed by atoms with Gasteiger partial charge in [-0.3, -0.25) is 0 Å². The molecule has 0 radical (unpaired) electrons. The van der Waals surface area contributed by atoms with E-state index in [9.17, 15) is 5.11 Å². The van der Waals surface area contributed by atoms with Crippen molar-refractivity contribution in [3.05, 3.63) is 0 Å². The van der Waals surface area contributed by atoms with Crippen molar-refractivity contribution >= 4 is 0 Å². The predicted octanol–water partition coefficient (Wildman–Crippen LogP) is 0.456. The molecule has 3 aliphatic heterocycles. The average molecular weight is 170 g/mol. The zero-order valence-corrected chi connectivity index (χ0v) is 7.41. The monoisotopic (exact) mass is 170 g/mol. The maximum absolute atomic E-state index is 9.72. The Bertz CT molecular complexity index is 238. The van der Waals surface area contributed by atoms with Crippen molar-refractivity contribution in [3.63, 3.8) is 0 Å². The molecule has 2 bridgehead atoms. The van der Waals surface area contributed by atoms with E-state index in [4.69, 9.17) is 9.47 Å². The zero-order valence-electron chi connectivity index (χ0n) is 7.41. The summed E-state index contributed by atoms with van der Waals surface area (Å²) >= 11 is 0. The van der Waals surface area contributed by atoms with Crippen LogP contribution in [0.1, 0.15) is 26.7 Å². The highest BCUT2D eigenvalue weighted by Crippen LogP contribution is 2.56. The molecular weight excluding hydrogens is 156 g/mol. The molecule has 3 rings (SSSR count). The number of aliphatic hydroxyl groups excluding tert-OH is 1. The molecule has 0 aromatic carbocycles. The number of rotatable bonds is 0. The lowest BCUT2D eigenvalue weighted by molar-refractivity contribution is -0.323. The van der Waals surface area contributed by atoms with Crippen molar-refractivity contribution in [2.45, 2.75) is 56.2 Å². The largest absolute Gasteiger partial charge is 0.390 e. The van der Waals surface area contributed by atoms with Crippen molar-refractivity contribution in [3.8, 4) is 0 Å². The molecule has 3 heteroatoms. The van der Waals surface area contributed by atoms with Crippen molar-refractivity contribution in [2.75, 3.05) is 0 Å². The Morgan fingerprint density at radius 3 is 2.83 bits per heavy atom. The number of fused-ring (bicyclic) bond motifs is 1. The molecule has 0 aliphatic carbocycles. The molecule has 5 atom stereocenters. The molecule has 3 heterocycles. The first-order valence-corrected chi connectivity index (χ1v) is 4.57. The van der Waals surface area contributed by atoms with Crippen LogP contribution < -0.4 is 0 Å². The summed E-state index contributed by atoms with van der Waals surface area (Å²) < 4.78 is 11.5. The van der Waals surface area contributed by atoms with Crippen LogP contribution in [0.25, 0.3) is 0 Å². The summed E-state index contributed by atoms with van der Waals surface area (Å²) in [6.07, 6.45) is 1.50. The molecule has 68 valence electrons. The van der Waals surface area contributed by atoms with Crippen LogP contribution in [0, 0.1) is 0 Å². The van der Waals surface area contributed by atoms with Crippen LogP contribution in [0.5, 0.6) is 0 Å². The van der Waals surface area contributed by atoms with Crippen molar-refractivity contribution < 1.29 is 14.6 Å². The van der Waals surface area contributed by atoms with E-state index >= 15 is 0 Å². The second kappa shape index (κ2) is 1.72. The second-order valence-corrected chi connectivity index (χ2v) is 4.76. The lowest BCUT2D eigenvalue weighted by Gasteiger charge is -2.53. The average Bonchev–Trinajstić information content (AvgIpc) is 2.11. The second-order valence-electron chi connectivity index (χ2n) is 4.76. The first-order chi connectivity index (χ1) is 5.54. The van der Waals surface area contributed by atoms with Crippen molar-refractivity contribution in [2.24, 2.45) is 0 Å². The van der Waals surface area contributed by atoms with Crippen LogP contribution in [0.15, 0.2) is 0 Å². The summed E-state index contributed by atoms with van der Waals surface area (Å²) in [4.78, 5) is 0. The lowest BCUT2D eigenvalue weighted by Crippen LogP contribution is -2.67. The van der Waals surface area contributed by atoms with Gasteiger partial charge in [-0.15, -0.1) is 0 Å². The summed E-state index contributed by atoms with van der Waals surface area (Å²) in [5, 5.41) is 9.72. The molecule has 0 aromatic rings. The normalized spacial score (nSPS) is 67.8. The van der Waals surface area contributed by atoms with E-state index in [0.29, 0.717) is 0 Å². The van der Waals surface area contributed by atoms with Gasteiger partial charge in [-0.2, -0.15) is 0 Å². The van der Waals surface area contributed by atoms with Gasteiger partial charge in [0, 0.05) is 12.8 Å². The first kappa shape index (κ1) is 7.30. The van der Waals surface area contributed by atoms with Crippen LogP contribution in [0.4, 0.5) is 0 Å². The predicted molar refractivity (Wildman–Crippen MR) is 41.8 cm³/mol. The van der Waals surface area contributed by atoms with Crippen LogP contribution >= 0.6 is 0 Å².